The number of rotatable bonds is 12. The first kappa shape index (κ1) is 29.0. The number of aryl methyl sites for hydroxylation is 1. The number of nitrogens with zero attached hydrogens (tertiary/aromatic N) is 2. The van der Waals surface area contributed by atoms with Gasteiger partial charge in [-0.2, -0.15) is 0 Å². The molecule has 1 N–H and O–H groups in total. The molecule has 1 aliphatic carbocycles. The summed E-state index contributed by atoms with van der Waals surface area (Å²) in [6, 6.07) is 16.3. The van der Waals surface area contributed by atoms with Crippen LogP contribution < -0.4 is 8.48 Å². The fourth-order valence-electron chi connectivity index (χ4n) is 7.18. The van der Waals surface area contributed by atoms with Crippen LogP contribution in [0.2, 0.25) is 13.3 Å². The number of anilines is 1. The summed E-state index contributed by atoms with van der Waals surface area (Å²) in [5, 5.41) is 11.4. The predicted octanol–water partition coefficient (Wildman–Crippen LogP) is 6.70. The summed E-state index contributed by atoms with van der Waals surface area (Å²) in [6.07, 6.45) is 9.80. The molecule has 2 aliphatic rings. The fourth-order valence-corrected chi connectivity index (χ4v) is 24.3. The number of aliphatic hydroxyl groups excluding tert-OH is 1. The second kappa shape index (κ2) is 13.8. The van der Waals surface area contributed by atoms with Crippen molar-refractivity contribution in [2.75, 3.05) is 31.1 Å². The Labute approximate surface area is 231 Å². The molecule has 0 radical (unpaired) electrons. The first-order valence-electron chi connectivity index (χ1n) is 15.4. The Kier molecular flexibility index (Phi) is 10.8. The van der Waals surface area contributed by atoms with Gasteiger partial charge in [-0.25, -0.2) is 0 Å². The molecule has 1 fully saturated rings. The van der Waals surface area contributed by atoms with E-state index in [0.29, 0.717) is 0 Å². The van der Waals surface area contributed by atoms with Gasteiger partial charge in [0.05, 0.1) is 0 Å². The second-order valence-corrected chi connectivity index (χ2v) is 25.0. The van der Waals surface area contributed by atoms with Gasteiger partial charge in [0.15, 0.2) is 0 Å². The van der Waals surface area contributed by atoms with Crippen LogP contribution in [0.15, 0.2) is 42.5 Å². The zero-order valence-electron chi connectivity index (χ0n) is 24.1. The molecule has 1 heterocycles. The number of piperazine rings is 1. The van der Waals surface area contributed by atoms with Gasteiger partial charge < -0.3 is 0 Å². The average Bonchev–Trinajstić information content (AvgIpc) is 2.93. The standard InChI is InChI=1S/C21H25N2O.3C4H9.Sn/c1-16-6-2-5-9-19(16)22-10-12-23(13-11-22)20-14-17-7-3-4-8-18(17)15-21(20)24;3*1-3-4-2;/h2-6,8-9,20-21,24H,10-15H2,1H3;3*1,3-4H2,2H3;/t20-,21-;;;;/m0..../s1. The maximum absolute atomic E-state index is 11.4. The first-order chi connectivity index (χ1) is 18.0. The maximum atomic E-state index is 11.4. The van der Waals surface area contributed by atoms with Crippen molar-refractivity contribution < 1.29 is 5.11 Å². The van der Waals surface area contributed by atoms with Gasteiger partial charge in [-0.3, -0.25) is 0 Å². The molecule has 0 amide bonds. The SMILES string of the molecule is CCC[CH2][Sn]([CH2]CCC)([CH2]CCC)[c]1cccc2c1C[C@H](N1CCN(c3ccccc3C)CC1)[C@@H](O)C2. The van der Waals surface area contributed by atoms with Gasteiger partial charge in [-0.15, -0.1) is 0 Å². The monoisotopic (exact) mass is 612 g/mol. The Hall–Kier alpha value is -1.04. The van der Waals surface area contributed by atoms with Crippen LogP contribution in [0.1, 0.15) is 76.0 Å². The molecule has 2 atom stereocenters. The number of hydrogen-bond donors (Lipinski definition) is 1. The van der Waals surface area contributed by atoms with E-state index in [1.807, 2.05) is 3.58 Å². The number of hydrogen-bond acceptors (Lipinski definition) is 3. The zero-order valence-corrected chi connectivity index (χ0v) is 27.0. The van der Waals surface area contributed by atoms with Crippen LogP contribution in [-0.4, -0.2) is 66.7 Å². The molecule has 37 heavy (non-hydrogen) atoms. The van der Waals surface area contributed by atoms with Crippen molar-refractivity contribution >= 4 is 27.6 Å². The molecule has 0 aromatic heterocycles. The van der Waals surface area contributed by atoms with Crippen molar-refractivity contribution in [2.45, 2.75) is 105 Å². The van der Waals surface area contributed by atoms with Gasteiger partial charge in [0.1, 0.15) is 0 Å². The summed E-state index contributed by atoms with van der Waals surface area (Å²) in [5.41, 5.74) is 5.88. The summed E-state index contributed by atoms with van der Waals surface area (Å²) >= 11 is -2.55. The minimum atomic E-state index is -2.55. The Morgan fingerprint density at radius 2 is 1.41 bits per heavy atom. The van der Waals surface area contributed by atoms with Crippen LogP contribution in [0.5, 0.6) is 0 Å². The van der Waals surface area contributed by atoms with Crippen LogP contribution in [0.4, 0.5) is 5.69 Å². The third kappa shape index (κ3) is 6.76. The van der Waals surface area contributed by atoms with Crippen molar-refractivity contribution in [2.24, 2.45) is 0 Å². The summed E-state index contributed by atoms with van der Waals surface area (Å²) in [7, 11) is 0. The number of para-hydroxylation sites is 1. The summed E-state index contributed by atoms with van der Waals surface area (Å²) in [5.74, 6) is 0. The van der Waals surface area contributed by atoms with Crippen molar-refractivity contribution in [3.8, 4) is 0 Å². The van der Waals surface area contributed by atoms with Gasteiger partial charge in [-0.1, -0.05) is 0 Å². The average molecular weight is 612 g/mol. The number of unbranched alkanes of at least 4 members (excludes halogenated alkanes) is 3. The van der Waals surface area contributed by atoms with E-state index in [1.54, 1.807) is 5.56 Å². The molecule has 0 bridgehead atoms. The quantitative estimate of drug-likeness (QED) is 0.271. The van der Waals surface area contributed by atoms with Crippen LogP contribution >= 0.6 is 0 Å². The van der Waals surface area contributed by atoms with E-state index in [4.69, 9.17) is 0 Å². The van der Waals surface area contributed by atoms with E-state index in [-0.39, 0.29) is 12.1 Å². The molecule has 0 spiro atoms. The minimum absolute atomic E-state index is 0.251. The zero-order chi connectivity index (χ0) is 26.3. The number of aliphatic hydroxyl groups is 1. The molecule has 3 nitrogen and oxygen atoms in total. The molecule has 4 heteroatoms. The van der Waals surface area contributed by atoms with Crippen molar-refractivity contribution in [1.82, 2.24) is 4.90 Å². The van der Waals surface area contributed by atoms with E-state index in [0.717, 1.165) is 39.0 Å². The van der Waals surface area contributed by atoms with E-state index >= 15 is 0 Å². The molecular formula is C33H52N2OSn. The van der Waals surface area contributed by atoms with Crippen LogP contribution in [0.25, 0.3) is 0 Å². The van der Waals surface area contributed by atoms with Crippen molar-refractivity contribution in [3.05, 3.63) is 59.2 Å². The molecule has 0 saturated carbocycles. The van der Waals surface area contributed by atoms with Gasteiger partial charge in [0.2, 0.25) is 0 Å². The predicted molar refractivity (Wildman–Crippen MR) is 163 cm³/mol. The van der Waals surface area contributed by atoms with E-state index in [9.17, 15) is 5.11 Å². The molecule has 2 aromatic rings. The molecule has 1 aliphatic heterocycles. The molecule has 204 valence electrons. The number of fused-ring (bicyclic) bond motifs is 1. The van der Waals surface area contributed by atoms with Crippen LogP contribution in [0.3, 0.4) is 0 Å². The van der Waals surface area contributed by atoms with Crippen LogP contribution in [-0.2, 0) is 12.8 Å². The Morgan fingerprint density at radius 1 is 0.784 bits per heavy atom. The topological polar surface area (TPSA) is 26.7 Å². The Balaban J connectivity index is 1.58. The molecule has 1 saturated heterocycles. The van der Waals surface area contributed by atoms with E-state index in [2.05, 4.69) is 80.0 Å². The van der Waals surface area contributed by atoms with Crippen LogP contribution in [0, 0.1) is 6.92 Å². The Bertz CT molecular complexity index is 962. The van der Waals surface area contributed by atoms with E-state index in [1.165, 1.54) is 68.6 Å². The molecule has 0 unspecified atom stereocenters. The van der Waals surface area contributed by atoms with Gasteiger partial charge in [0, 0.05) is 0 Å². The summed E-state index contributed by atoms with van der Waals surface area (Å²) in [4.78, 5) is 5.17. The van der Waals surface area contributed by atoms with Gasteiger partial charge in [0.25, 0.3) is 0 Å². The normalized spacial score (nSPS) is 20.7. The van der Waals surface area contributed by atoms with Crippen molar-refractivity contribution in [1.29, 1.82) is 0 Å². The molecule has 4 rings (SSSR count). The third-order valence-electron chi connectivity index (χ3n) is 9.40. The van der Waals surface area contributed by atoms with Gasteiger partial charge >= 0.3 is 232 Å². The summed E-state index contributed by atoms with van der Waals surface area (Å²) in [6.45, 7) is 13.5. The third-order valence-corrected chi connectivity index (χ3v) is 25.2. The second-order valence-electron chi connectivity index (χ2n) is 11.9. The van der Waals surface area contributed by atoms with Crippen molar-refractivity contribution in [3.63, 3.8) is 0 Å². The number of benzene rings is 2. The van der Waals surface area contributed by atoms with E-state index < -0.39 is 18.4 Å². The van der Waals surface area contributed by atoms with Gasteiger partial charge in [-0.05, 0) is 0 Å². The Morgan fingerprint density at radius 3 is 2.00 bits per heavy atom. The fraction of sp³-hybridized carbons (Fsp3) is 0.636. The summed E-state index contributed by atoms with van der Waals surface area (Å²) < 4.78 is 6.40. The molecular weight excluding hydrogens is 559 g/mol. The first-order valence-corrected chi connectivity index (χ1v) is 22.8. The molecule has 2 aromatic carbocycles.